The van der Waals surface area contributed by atoms with Gasteiger partial charge in [0.2, 0.25) is 0 Å². The molecular formula is C12H15BrFN. The van der Waals surface area contributed by atoms with Gasteiger partial charge >= 0.3 is 0 Å². The van der Waals surface area contributed by atoms with Crippen LogP contribution >= 0.6 is 15.9 Å². The van der Waals surface area contributed by atoms with Gasteiger partial charge in [-0.3, -0.25) is 0 Å². The number of hydrogen-bond donors (Lipinski definition) is 1. The number of nitrogens with one attached hydrogen (secondary N) is 1. The van der Waals surface area contributed by atoms with Gasteiger partial charge in [-0.15, -0.1) is 0 Å². The van der Waals surface area contributed by atoms with E-state index in [1.54, 1.807) is 6.07 Å². The van der Waals surface area contributed by atoms with Crippen LogP contribution in [0.3, 0.4) is 0 Å². The van der Waals surface area contributed by atoms with Crippen molar-refractivity contribution >= 4 is 22.0 Å². The summed E-state index contributed by atoms with van der Waals surface area (Å²) >= 11 is 3.40. The van der Waals surface area contributed by atoms with Gasteiger partial charge in [-0.25, -0.2) is 4.39 Å². The van der Waals surface area contributed by atoms with Crippen molar-refractivity contribution in [1.82, 2.24) is 5.32 Å². The van der Waals surface area contributed by atoms with Crippen molar-refractivity contribution in [3.05, 3.63) is 39.6 Å². The van der Waals surface area contributed by atoms with Crippen LogP contribution in [0.25, 0.3) is 6.08 Å². The minimum atomic E-state index is -0.208. The lowest BCUT2D eigenvalue weighted by atomic mass is 10.1. The zero-order chi connectivity index (χ0) is 11.3. The molecule has 1 nitrogen and oxygen atoms in total. The Balaban J connectivity index is 2.82. The van der Waals surface area contributed by atoms with E-state index in [2.05, 4.69) is 28.2 Å². The normalized spacial score (nSPS) is 11.9. The van der Waals surface area contributed by atoms with Crippen molar-refractivity contribution in [3.8, 4) is 0 Å². The van der Waals surface area contributed by atoms with Gasteiger partial charge in [0, 0.05) is 11.0 Å². The first-order valence-electron chi connectivity index (χ1n) is 4.96. The van der Waals surface area contributed by atoms with Crippen LogP contribution in [-0.4, -0.2) is 13.1 Å². The summed E-state index contributed by atoms with van der Waals surface area (Å²) in [5.41, 5.74) is 2.06. The van der Waals surface area contributed by atoms with Crippen LogP contribution in [0.2, 0.25) is 0 Å². The molecule has 1 N–H and O–H groups in total. The second kappa shape index (κ2) is 6.03. The van der Waals surface area contributed by atoms with Crippen LogP contribution in [0.5, 0.6) is 0 Å². The summed E-state index contributed by atoms with van der Waals surface area (Å²) in [4.78, 5) is 0. The topological polar surface area (TPSA) is 12.0 Å². The summed E-state index contributed by atoms with van der Waals surface area (Å²) in [6, 6.07) is 4.70. The maximum atomic E-state index is 13.0. The molecule has 0 heterocycles. The van der Waals surface area contributed by atoms with Crippen molar-refractivity contribution < 1.29 is 4.39 Å². The van der Waals surface area contributed by atoms with Crippen LogP contribution in [0.4, 0.5) is 4.39 Å². The maximum Gasteiger partial charge on any atom is 0.123 e. The summed E-state index contributed by atoms with van der Waals surface area (Å²) < 4.78 is 13.9. The SMILES string of the molecule is CCNC/C(C)=C/c1cc(F)ccc1Br. The van der Waals surface area contributed by atoms with E-state index in [0.717, 1.165) is 23.1 Å². The van der Waals surface area contributed by atoms with Crippen LogP contribution < -0.4 is 5.32 Å². The van der Waals surface area contributed by atoms with Crippen LogP contribution in [0.15, 0.2) is 28.2 Å². The molecule has 0 unspecified atom stereocenters. The van der Waals surface area contributed by atoms with E-state index >= 15 is 0 Å². The molecule has 0 radical (unpaired) electrons. The van der Waals surface area contributed by atoms with Gasteiger partial charge in [-0.2, -0.15) is 0 Å². The first-order chi connectivity index (χ1) is 7.13. The smallest absolute Gasteiger partial charge is 0.123 e. The van der Waals surface area contributed by atoms with Crippen LogP contribution in [0.1, 0.15) is 19.4 Å². The quantitative estimate of drug-likeness (QED) is 0.883. The van der Waals surface area contributed by atoms with Gasteiger partial charge in [0.15, 0.2) is 0 Å². The third kappa shape index (κ3) is 4.14. The number of hydrogen-bond acceptors (Lipinski definition) is 1. The predicted molar refractivity (Wildman–Crippen MR) is 66.3 cm³/mol. The van der Waals surface area contributed by atoms with E-state index in [1.807, 2.05) is 13.0 Å². The summed E-state index contributed by atoms with van der Waals surface area (Å²) in [5, 5.41) is 3.23. The minimum absolute atomic E-state index is 0.208. The highest BCUT2D eigenvalue weighted by atomic mass is 79.9. The van der Waals surface area contributed by atoms with E-state index in [4.69, 9.17) is 0 Å². The first-order valence-corrected chi connectivity index (χ1v) is 5.75. The fraction of sp³-hybridized carbons (Fsp3) is 0.333. The number of halogens is 2. The summed E-state index contributed by atoms with van der Waals surface area (Å²) in [5.74, 6) is -0.208. The number of rotatable bonds is 4. The Bertz CT molecular complexity index is 361. The predicted octanol–water partition coefficient (Wildman–Crippen LogP) is 3.60. The highest BCUT2D eigenvalue weighted by molar-refractivity contribution is 9.10. The second-order valence-corrected chi connectivity index (χ2v) is 4.29. The molecule has 0 aliphatic rings. The van der Waals surface area contributed by atoms with E-state index in [1.165, 1.54) is 17.7 Å². The third-order valence-electron chi connectivity index (χ3n) is 2.01. The molecule has 0 atom stereocenters. The average molecular weight is 272 g/mol. The molecule has 0 aromatic heterocycles. The van der Waals surface area contributed by atoms with Crippen molar-refractivity contribution in [3.63, 3.8) is 0 Å². The highest BCUT2D eigenvalue weighted by Gasteiger charge is 1.99. The zero-order valence-corrected chi connectivity index (χ0v) is 10.6. The van der Waals surface area contributed by atoms with Gasteiger partial charge in [-0.05, 0) is 37.2 Å². The molecule has 0 saturated carbocycles. The van der Waals surface area contributed by atoms with Crippen LogP contribution in [0, 0.1) is 5.82 Å². The molecule has 1 rings (SSSR count). The molecule has 0 aliphatic carbocycles. The largest absolute Gasteiger partial charge is 0.313 e. The Kier molecular flexibility index (Phi) is 4.99. The van der Waals surface area contributed by atoms with E-state index in [9.17, 15) is 4.39 Å². The van der Waals surface area contributed by atoms with Gasteiger partial charge < -0.3 is 5.32 Å². The second-order valence-electron chi connectivity index (χ2n) is 3.44. The molecule has 0 spiro atoms. The Morgan fingerprint density at radius 1 is 1.53 bits per heavy atom. The molecular weight excluding hydrogens is 257 g/mol. The monoisotopic (exact) mass is 271 g/mol. The zero-order valence-electron chi connectivity index (χ0n) is 8.98. The molecule has 15 heavy (non-hydrogen) atoms. The Morgan fingerprint density at radius 3 is 2.93 bits per heavy atom. The lowest BCUT2D eigenvalue weighted by Gasteiger charge is -2.04. The summed E-state index contributed by atoms with van der Waals surface area (Å²) in [6.07, 6.45) is 1.98. The van der Waals surface area contributed by atoms with Gasteiger partial charge in [0.25, 0.3) is 0 Å². The molecule has 0 amide bonds. The Morgan fingerprint density at radius 2 is 2.27 bits per heavy atom. The lowest BCUT2D eigenvalue weighted by Crippen LogP contribution is -2.14. The minimum Gasteiger partial charge on any atom is -0.313 e. The third-order valence-corrected chi connectivity index (χ3v) is 2.74. The molecule has 0 aliphatic heterocycles. The molecule has 82 valence electrons. The average Bonchev–Trinajstić information content (AvgIpc) is 2.20. The number of benzene rings is 1. The summed E-state index contributed by atoms with van der Waals surface area (Å²) in [6.45, 7) is 5.86. The van der Waals surface area contributed by atoms with E-state index in [0.29, 0.717) is 0 Å². The first kappa shape index (κ1) is 12.4. The lowest BCUT2D eigenvalue weighted by molar-refractivity contribution is 0.627. The van der Waals surface area contributed by atoms with E-state index < -0.39 is 0 Å². The summed E-state index contributed by atoms with van der Waals surface area (Å²) in [7, 11) is 0. The molecule has 1 aromatic carbocycles. The fourth-order valence-corrected chi connectivity index (χ4v) is 1.62. The van der Waals surface area contributed by atoms with Gasteiger partial charge in [0.05, 0.1) is 0 Å². The van der Waals surface area contributed by atoms with Gasteiger partial charge in [0.1, 0.15) is 5.82 Å². The van der Waals surface area contributed by atoms with E-state index in [-0.39, 0.29) is 5.82 Å². The van der Waals surface area contributed by atoms with Crippen molar-refractivity contribution in [2.24, 2.45) is 0 Å². The van der Waals surface area contributed by atoms with Crippen molar-refractivity contribution in [2.75, 3.05) is 13.1 Å². The maximum absolute atomic E-state index is 13.0. The molecule has 3 heteroatoms. The highest BCUT2D eigenvalue weighted by Crippen LogP contribution is 2.20. The fourth-order valence-electron chi connectivity index (χ4n) is 1.26. The number of likely N-dealkylation sites (N-methyl/N-ethyl adjacent to an activating group) is 1. The Labute approximate surface area is 98.5 Å². The Hall–Kier alpha value is -0.670. The standard InChI is InChI=1S/C12H15BrFN/c1-3-15-8-9(2)6-10-7-11(14)4-5-12(10)13/h4-7,15H,3,8H2,1-2H3/b9-6+. The van der Waals surface area contributed by atoms with Gasteiger partial charge in [-0.1, -0.05) is 34.5 Å². The molecule has 0 saturated heterocycles. The van der Waals surface area contributed by atoms with Crippen LogP contribution in [-0.2, 0) is 0 Å². The molecule has 0 bridgehead atoms. The van der Waals surface area contributed by atoms with Crippen molar-refractivity contribution in [1.29, 1.82) is 0 Å². The molecule has 1 aromatic rings. The molecule has 0 fully saturated rings. The van der Waals surface area contributed by atoms with Crippen molar-refractivity contribution in [2.45, 2.75) is 13.8 Å².